The number of hydrogen-bond donors (Lipinski definition) is 0. The molecule has 0 amide bonds. The number of aryl methyl sites for hydroxylation is 2. The van der Waals surface area contributed by atoms with Crippen molar-refractivity contribution in [1.29, 1.82) is 0 Å². The van der Waals surface area contributed by atoms with Crippen LogP contribution in [0.3, 0.4) is 0 Å². The second kappa shape index (κ2) is 4.61. The third-order valence-electron chi connectivity index (χ3n) is 1.95. The molecule has 0 aliphatic carbocycles. The van der Waals surface area contributed by atoms with Gasteiger partial charge < -0.3 is 0 Å². The van der Waals surface area contributed by atoms with Gasteiger partial charge in [0.1, 0.15) is 0 Å². The molecule has 0 unspecified atom stereocenters. The first kappa shape index (κ1) is 10.5. The smallest absolute Gasteiger partial charge is 0.0314 e. The minimum absolute atomic E-state index is 1.11. The Morgan fingerprint density at radius 2 is 1.92 bits per heavy atom. The van der Waals surface area contributed by atoms with E-state index in [1.165, 1.54) is 19.2 Å². The van der Waals surface area contributed by atoms with Crippen LogP contribution in [0.15, 0.2) is 16.6 Å². The first-order valence-corrected chi connectivity index (χ1v) is 6.03. The van der Waals surface area contributed by atoms with Crippen LogP contribution in [0.1, 0.15) is 25.0 Å². The largest absolute Gasteiger partial charge is 0.0613 e. The highest BCUT2D eigenvalue weighted by atomic mass is 127. The maximum Gasteiger partial charge on any atom is 0.0314 e. The third-order valence-corrected chi connectivity index (χ3v) is 4.59. The van der Waals surface area contributed by atoms with Crippen LogP contribution in [0.2, 0.25) is 0 Å². The molecule has 0 aliphatic heterocycles. The zero-order chi connectivity index (χ0) is 9.14. The highest BCUT2D eigenvalue weighted by molar-refractivity contribution is 14.1. The molecule has 0 bridgehead atoms. The van der Waals surface area contributed by atoms with Gasteiger partial charge in [-0.2, -0.15) is 0 Å². The van der Waals surface area contributed by atoms with Crippen molar-refractivity contribution >= 4 is 38.5 Å². The van der Waals surface area contributed by atoms with E-state index in [0.29, 0.717) is 0 Å². The van der Waals surface area contributed by atoms with Gasteiger partial charge in [-0.3, -0.25) is 0 Å². The lowest BCUT2D eigenvalue weighted by Crippen LogP contribution is -1.91. The molecule has 2 heteroatoms. The van der Waals surface area contributed by atoms with Gasteiger partial charge in [0.2, 0.25) is 0 Å². The molecule has 1 aromatic carbocycles. The Kier molecular flexibility index (Phi) is 4.03. The summed E-state index contributed by atoms with van der Waals surface area (Å²) in [6, 6.07) is 4.51. The van der Waals surface area contributed by atoms with Crippen molar-refractivity contribution in [3.8, 4) is 0 Å². The fraction of sp³-hybridized carbons (Fsp3) is 0.400. The van der Waals surface area contributed by atoms with Crippen molar-refractivity contribution in [2.24, 2.45) is 0 Å². The summed E-state index contributed by atoms with van der Waals surface area (Å²) in [6.45, 7) is 4.39. The van der Waals surface area contributed by atoms with Crippen molar-refractivity contribution in [2.45, 2.75) is 26.7 Å². The molecule has 0 saturated carbocycles. The van der Waals surface area contributed by atoms with Crippen LogP contribution < -0.4 is 0 Å². The number of benzene rings is 1. The zero-order valence-electron chi connectivity index (χ0n) is 7.32. The van der Waals surface area contributed by atoms with Gasteiger partial charge in [-0.25, -0.2) is 0 Å². The lowest BCUT2D eigenvalue weighted by atomic mass is 10.1. The summed E-state index contributed by atoms with van der Waals surface area (Å²) in [6.07, 6.45) is 2.23. The van der Waals surface area contributed by atoms with Gasteiger partial charge in [-0.1, -0.05) is 19.9 Å². The topological polar surface area (TPSA) is 0 Å². The Hall–Kier alpha value is 0.430. The van der Waals surface area contributed by atoms with Crippen LogP contribution in [0.25, 0.3) is 0 Å². The van der Waals surface area contributed by atoms with Crippen LogP contribution in [0, 0.1) is 3.57 Å². The molecule has 0 fully saturated rings. The summed E-state index contributed by atoms with van der Waals surface area (Å²) in [5, 5.41) is 0. The van der Waals surface area contributed by atoms with Crippen molar-refractivity contribution in [2.75, 3.05) is 0 Å². The third kappa shape index (κ3) is 2.22. The Bertz CT molecular complexity index is 281. The molecule has 0 heterocycles. The molecular formula is C10H12BrI. The maximum atomic E-state index is 3.57. The fourth-order valence-corrected chi connectivity index (χ4v) is 2.41. The summed E-state index contributed by atoms with van der Waals surface area (Å²) in [5.74, 6) is 0. The maximum absolute atomic E-state index is 3.57. The molecule has 0 N–H and O–H groups in total. The molecule has 66 valence electrons. The molecular weight excluding hydrogens is 327 g/mol. The minimum Gasteiger partial charge on any atom is -0.0613 e. The lowest BCUT2D eigenvalue weighted by Gasteiger charge is -2.06. The first-order chi connectivity index (χ1) is 5.69. The van der Waals surface area contributed by atoms with E-state index in [4.69, 9.17) is 0 Å². The van der Waals surface area contributed by atoms with E-state index in [1.807, 2.05) is 0 Å². The van der Waals surface area contributed by atoms with Gasteiger partial charge in [-0.05, 0) is 68.6 Å². The van der Waals surface area contributed by atoms with Crippen molar-refractivity contribution < 1.29 is 0 Å². The molecule has 0 saturated heterocycles. The van der Waals surface area contributed by atoms with Crippen LogP contribution in [0.4, 0.5) is 0 Å². The SMILES string of the molecule is CCc1cc(Br)c(I)c(CC)c1. The van der Waals surface area contributed by atoms with Crippen molar-refractivity contribution in [1.82, 2.24) is 0 Å². The van der Waals surface area contributed by atoms with E-state index in [9.17, 15) is 0 Å². The lowest BCUT2D eigenvalue weighted by molar-refractivity contribution is 1.07. The van der Waals surface area contributed by atoms with Crippen LogP contribution in [-0.4, -0.2) is 0 Å². The van der Waals surface area contributed by atoms with Gasteiger partial charge in [0.05, 0.1) is 0 Å². The van der Waals surface area contributed by atoms with Gasteiger partial charge in [0.25, 0.3) is 0 Å². The summed E-state index contributed by atoms with van der Waals surface area (Å²) in [7, 11) is 0. The van der Waals surface area contributed by atoms with E-state index in [-0.39, 0.29) is 0 Å². The molecule has 12 heavy (non-hydrogen) atoms. The van der Waals surface area contributed by atoms with E-state index in [0.717, 1.165) is 12.8 Å². The number of hydrogen-bond acceptors (Lipinski definition) is 0. The van der Waals surface area contributed by atoms with Gasteiger partial charge >= 0.3 is 0 Å². The van der Waals surface area contributed by atoms with Crippen molar-refractivity contribution in [3.05, 3.63) is 31.3 Å². The van der Waals surface area contributed by atoms with E-state index >= 15 is 0 Å². The molecule has 0 atom stereocenters. The Morgan fingerprint density at radius 1 is 1.25 bits per heavy atom. The van der Waals surface area contributed by atoms with Crippen LogP contribution >= 0.6 is 38.5 Å². The standard InChI is InChI=1S/C10H12BrI/c1-3-7-5-8(4-2)10(12)9(11)6-7/h5-6H,3-4H2,1-2H3. The average molecular weight is 339 g/mol. The van der Waals surface area contributed by atoms with Gasteiger partial charge in [0, 0.05) is 8.04 Å². The van der Waals surface area contributed by atoms with E-state index in [2.05, 4.69) is 64.5 Å². The second-order valence-electron chi connectivity index (χ2n) is 2.76. The Balaban J connectivity index is 3.19. The van der Waals surface area contributed by atoms with E-state index < -0.39 is 0 Å². The van der Waals surface area contributed by atoms with Crippen LogP contribution in [-0.2, 0) is 12.8 Å². The van der Waals surface area contributed by atoms with E-state index in [1.54, 1.807) is 0 Å². The second-order valence-corrected chi connectivity index (χ2v) is 4.69. The Labute approximate surface area is 96.0 Å². The molecule has 0 nitrogen and oxygen atoms in total. The quantitative estimate of drug-likeness (QED) is 0.710. The van der Waals surface area contributed by atoms with Gasteiger partial charge in [-0.15, -0.1) is 0 Å². The predicted octanol–water partition coefficient (Wildman–Crippen LogP) is 4.18. The molecule has 0 aliphatic rings. The highest BCUT2D eigenvalue weighted by Gasteiger charge is 2.03. The van der Waals surface area contributed by atoms with Gasteiger partial charge in [0.15, 0.2) is 0 Å². The first-order valence-electron chi connectivity index (χ1n) is 4.15. The minimum atomic E-state index is 1.11. The molecule has 0 aromatic heterocycles. The average Bonchev–Trinajstić information content (AvgIpc) is 2.09. The van der Waals surface area contributed by atoms with Crippen molar-refractivity contribution in [3.63, 3.8) is 0 Å². The predicted molar refractivity (Wildman–Crippen MR) is 65.6 cm³/mol. The van der Waals surface area contributed by atoms with Crippen LogP contribution in [0.5, 0.6) is 0 Å². The summed E-state index contributed by atoms with van der Waals surface area (Å²) >= 11 is 5.96. The zero-order valence-corrected chi connectivity index (χ0v) is 11.1. The summed E-state index contributed by atoms with van der Waals surface area (Å²) in [4.78, 5) is 0. The summed E-state index contributed by atoms with van der Waals surface area (Å²) in [5.41, 5.74) is 2.86. The molecule has 1 aromatic rings. The highest BCUT2D eigenvalue weighted by Crippen LogP contribution is 2.25. The normalized spacial score (nSPS) is 10.3. The molecule has 0 radical (unpaired) electrons. The number of rotatable bonds is 2. The Morgan fingerprint density at radius 3 is 2.42 bits per heavy atom. The monoisotopic (exact) mass is 338 g/mol. The number of halogens is 2. The molecule has 0 spiro atoms. The molecule has 1 rings (SSSR count). The summed E-state index contributed by atoms with van der Waals surface area (Å²) < 4.78 is 2.59. The fourth-order valence-electron chi connectivity index (χ4n) is 1.17.